The summed E-state index contributed by atoms with van der Waals surface area (Å²) < 4.78 is 20.1. The average molecular weight is 629 g/mol. The van der Waals surface area contributed by atoms with E-state index in [9.17, 15) is 38.3 Å². The zero-order chi connectivity index (χ0) is 32.1. The average Bonchev–Trinajstić information content (AvgIpc) is 3.48. The van der Waals surface area contributed by atoms with E-state index >= 15 is 0 Å². The molecule has 0 radical (unpaired) electrons. The molecule has 0 bridgehead atoms. The zero-order valence-electron chi connectivity index (χ0n) is 24.4. The van der Waals surface area contributed by atoms with Gasteiger partial charge in [0.15, 0.2) is 0 Å². The number of carbonyl (C=O) groups excluding carboxylic acids is 5. The van der Waals surface area contributed by atoms with Crippen LogP contribution >= 0.6 is 11.8 Å². The fourth-order valence-electron chi connectivity index (χ4n) is 5.20. The number of cyclic esters (lactones) is 1. The summed E-state index contributed by atoms with van der Waals surface area (Å²) in [5.41, 5.74) is 0.861. The maximum atomic E-state index is 14.6. The summed E-state index contributed by atoms with van der Waals surface area (Å²) in [4.78, 5) is 79.0. The molecule has 0 unspecified atom stereocenters. The van der Waals surface area contributed by atoms with Crippen LogP contribution in [0.3, 0.4) is 0 Å². The van der Waals surface area contributed by atoms with Crippen molar-refractivity contribution in [1.82, 2.24) is 20.4 Å². The van der Waals surface area contributed by atoms with E-state index in [0.717, 1.165) is 12.1 Å². The van der Waals surface area contributed by atoms with Crippen molar-refractivity contribution < 1.29 is 43.0 Å². The predicted octanol–water partition coefficient (Wildman–Crippen LogP) is 1.66. The van der Waals surface area contributed by atoms with Crippen LogP contribution in [0.25, 0.3) is 11.1 Å². The van der Waals surface area contributed by atoms with Gasteiger partial charge in [-0.2, -0.15) is 11.8 Å². The van der Waals surface area contributed by atoms with Gasteiger partial charge >= 0.3 is 11.9 Å². The Morgan fingerprint density at radius 2 is 1.86 bits per heavy atom. The Labute approximate surface area is 257 Å². The van der Waals surface area contributed by atoms with Crippen molar-refractivity contribution >= 4 is 47.3 Å². The van der Waals surface area contributed by atoms with Gasteiger partial charge in [0.2, 0.25) is 23.6 Å². The molecule has 2 aliphatic rings. The molecule has 2 aliphatic heterocycles. The van der Waals surface area contributed by atoms with Crippen LogP contribution in [0.4, 0.5) is 4.39 Å². The van der Waals surface area contributed by atoms with Crippen molar-refractivity contribution in [3.63, 3.8) is 0 Å². The lowest BCUT2D eigenvalue weighted by Crippen LogP contribution is -2.58. The van der Waals surface area contributed by atoms with Gasteiger partial charge in [0.05, 0.1) is 11.1 Å². The molecule has 234 valence electrons. The molecule has 3 atom stereocenters. The summed E-state index contributed by atoms with van der Waals surface area (Å²) >= 11 is 1.24. The number of hydrogen-bond donors (Lipinski definition) is 3. The first-order chi connectivity index (χ1) is 20.9. The Morgan fingerprint density at radius 3 is 2.52 bits per heavy atom. The van der Waals surface area contributed by atoms with Crippen molar-refractivity contribution in [3.8, 4) is 11.1 Å². The van der Waals surface area contributed by atoms with Crippen LogP contribution in [0.1, 0.15) is 46.0 Å². The number of benzene rings is 2. The van der Waals surface area contributed by atoms with E-state index in [0.29, 0.717) is 36.1 Å². The summed E-state index contributed by atoms with van der Waals surface area (Å²) in [5, 5.41) is 14.5. The molecular weight excluding hydrogens is 595 g/mol. The summed E-state index contributed by atoms with van der Waals surface area (Å²) in [6.07, 6.45) is 1.02. The van der Waals surface area contributed by atoms with Crippen molar-refractivity contribution in [3.05, 3.63) is 58.9 Å². The molecule has 2 aromatic rings. The molecule has 14 heteroatoms. The fourth-order valence-corrected chi connectivity index (χ4v) is 6.30. The molecular formula is C30H33FN4O8S. The summed E-state index contributed by atoms with van der Waals surface area (Å²) in [5.74, 6) is -4.90. The molecule has 3 N–H and O–H groups in total. The molecule has 0 saturated carbocycles. The molecule has 4 amide bonds. The molecule has 44 heavy (non-hydrogen) atoms. The van der Waals surface area contributed by atoms with Gasteiger partial charge in [-0.25, -0.2) is 14.0 Å². The van der Waals surface area contributed by atoms with E-state index in [-0.39, 0.29) is 23.0 Å². The van der Waals surface area contributed by atoms with Gasteiger partial charge in [0.25, 0.3) is 0 Å². The molecule has 2 aromatic carbocycles. The number of thioether (sulfide) groups is 1. The highest BCUT2D eigenvalue weighted by Crippen LogP contribution is 2.32. The van der Waals surface area contributed by atoms with Crippen LogP contribution in [0, 0.1) is 5.82 Å². The number of ether oxygens (including phenoxy) is 1. The number of nitrogens with one attached hydrogen (secondary N) is 2. The second-order valence-corrected chi connectivity index (χ2v) is 11.7. The largest absolute Gasteiger partial charge is 0.478 e. The maximum absolute atomic E-state index is 14.6. The number of nitrogens with zero attached hydrogens (tertiary/aromatic N) is 2. The van der Waals surface area contributed by atoms with Crippen LogP contribution in [0.15, 0.2) is 36.4 Å². The van der Waals surface area contributed by atoms with Crippen molar-refractivity contribution in [2.45, 2.75) is 43.6 Å². The van der Waals surface area contributed by atoms with Crippen LogP contribution in [-0.2, 0) is 29.7 Å². The smallest absolute Gasteiger partial charge is 0.338 e. The first kappa shape index (κ1) is 32.5. The lowest BCUT2D eigenvalue weighted by molar-refractivity contribution is -0.139. The standard InChI is InChI=1S/C30H33FN4O8S/c1-16(36)35-11-5-8-25(35)27(38)32-23-13-43-30(42)19-7-4-6-18(17-9-10-20(29(40)41)22(31)12-17)21(19)14-44-15-24(33-26(23)37)28(39)34(2)3/h4,6-7,9-10,12,23-25H,5,8,11,13-15H2,1-3H3,(H,32,38)(H,33,37)(H,40,41)/t23-,24-,25+/m1/s1. The number of esters is 1. The number of fused-ring (bicyclic) bond motifs is 1. The first-order valence-electron chi connectivity index (χ1n) is 13.9. The predicted molar refractivity (Wildman–Crippen MR) is 158 cm³/mol. The molecule has 0 aliphatic carbocycles. The van der Waals surface area contributed by atoms with E-state index in [2.05, 4.69) is 10.6 Å². The minimum atomic E-state index is -1.42. The van der Waals surface area contributed by atoms with Crippen molar-refractivity contribution in [2.75, 3.05) is 33.0 Å². The number of rotatable bonds is 5. The van der Waals surface area contributed by atoms with Crippen LogP contribution in [0.2, 0.25) is 0 Å². The lowest BCUT2D eigenvalue weighted by atomic mass is 9.95. The number of halogens is 1. The van der Waals surface area contributed by atoms with E-state index in [4.69, 9.17) is 4.74 Å². The molecule has 0 spiro atoms. The third-order valence-corrected chi connectivity index (χ3v) is 8.53. The third kappa shape index (κ3) is 7.18. The van der Waals surface area contributed by atoms with Gasteiger partial charge in [0.1, 0.15) is 30.5 Å². The van der Waals surface area contributed by atoms with E-state index in [1.165, 1.54) is 54.7 Å². The van der Waals surface area contributed by atoms with Crippen molar-refractivity contribution in [2.24, 2.45) is 0 Å². The normalized spacial score (nSPS) is 20.7. The number of carboxylic acids is 1. The van der Waals surface area contributed by atoms with Crippen LogP contribution < -0.4 is 10.6 Å². The van der Waals surface area contributed by atoms with Crippen molar-refractivity contribution in [1.29, 1.82) is 0 Å². The molecule has 1 fully saturated rings. The Kier molecular flexibility index (Phi) is 10.2. The number of carboxylic acid groups (broad SMARTS) is 1. The van der Waals surface area contributed by atoms with Gasteiger partial charge in [0, 0.05) is 39.1 Å². The highest BCUT2D eigenvalue weighted by atomic mass is 32.2. The molecule has 12 nitrogen and oxygen atoms in total. The van der Waals surface area contributed by atoms with E-state index in [1.54, 1.807) is 12.1 Å². The Hall–Kier alpha value is -4.46. The molecule has 1 saturated heterocycles. The van der Waals surface area contributed by atoms with Crippen LogP contribution in [0.5, 0.6) is 0 Å². The van der Waals surface area contributed by atoms with E-state index in [1.807, 2.05) is 0 Å². The molecule has 2 heterocycles. The fraction of sp³-hybridized carbons (Fsp3) is 0.400. The number of hydrogen-bond acceptors (Lipinski definition) is 8. The van der Waals surface area contributed by atoms with E-state index < -0.39 is 65.8 Å². The minimum Gasteiger partial charge on any atom is -0.478 e. The topological polar surface area (TPSA) is 162 Å². The second kappa shape index (κ2) is 13.9. The van der Waals surface area contributed by atoms with Gasteiger partial charge in [-0.15, -0.1) is 0 Å². The lowest BCUT2D eigenvalue weighted by Gasteiger charge is -2.28. The Balaban J connectivity index is 1.69. The van der Waals surface area contributed by atoms with Gasteiger partial charge in [-0.05, 0) is 47.7 Å². The number of likely N-dealkylation sites (N-methyl/N-ethyl adjacent to an activating group) is 1. The number of carbonyl (C=O) groups is 6. The van der Waals surface area contributed by atoms with Gasteiger partial charge in [-0.3, -0.25) is 19.2 Å². The molecule has 4 rings (SSSR count). The van der Waals surface area contributed by atoms with Crippen LogP contribution in [-0.4, -0.2) is 102 Å². The SMILES string of the molecule is CC(=O)N1CCC[C@H]1C(=O)N[C@@H]1COC(=O)c2cccc(-c3ccc(C(=O)O)c(F)c3)c2CSC[C@H](C(=O)N(C)C)NC1=O. The highest BCUT2D eigenvalue weighted by Gasteiger charge is 2.36. The van der Waals surface area contributed by atoms with Gasteiger partial charge < -0.3 is 30.3 Å². The summed E-state index contributed by atoms with van der Waals surface area (Å²) in [6.45, 7) is 1.19. The summed E-state index contributed by atoms with van der Waals surface area (Å²) in [7, 11) is 3.07. The minimum absolute atomic E-state index is 0.0965. The second-order valence-electron chi connectivity index (χ2n) is 10.7. The van der Waals surface area contributed by atoms with Gasteiger partial charge in [-0.1, -0.05) is 18.2 Å². The maximum Gasteiger partial charge on any atom is 0.338 e. The zero-order valence-corrected chi connectivity index (χ0v) is 25.2. The number of likely N-dealkylation sites (tertiary alicyclic amines) is 1. The first-order valence-corrected chi connectivity index (χ1v) is 15.0. The highest BCUT2D eigenvalue weighted by molar-refractivity contribution is 7.98. The quantitative estimate of drug-likeness (QED) is 0.418. The number of amides is 4. The third-order valence-electron chi connectivity index (χ3n) is 7.47. The monoisotopic (exact) mass is 628 g/mol. The summed E-state index contributed by atoms with van der Waals surface area (Å²) in [6, 6.07) is 5.22. The Bertz CT molecular complexity index is 1500. The Morgan fingerprint density at radius 1 is 1.14 bits per heavy atom. The number of aromatic carboxylic acids is 1. The molecule has 0 aromatic heterocycles.